The fraction of sp³-hybridized carbons (Fsp3) is 0.350. The molecular formula is C20H21BrN2O5. The maximum absolute atomic E-state index is 12.1. The SMILES string of the molecule is CCOc1cc(-c2cc(C)[nH]c(=O)c2C#N)c(Br)cc1OCC(=O)OC(C)C. The quantitative estimate of drug-likeness (QED) is 0.647. The van der Waals surface area contributed by atoms with E-state index in [0.29, 0.717) is 39.4 Å². The van der Waals surface area contributed by atoms with Gasteiger partial charge in [0.2, 0.25) is 0 Å². The third kappa shape index (κ3) is 5.14. The van der Waals surface area contributed by atoms with Crippen LogP contribution in [0.5, 0.6) is 11.5 Å². The van der Waals surface area contributed by atoms with Crippen LogP contribution in [-0.2, 0) is 9.53 Å². The second kappa shape index (κ2) is 9.42. The Morgan fingerprint density at radius 1 is 1.21 bits per heavy atom. The van der Waals surface area contributed by atoms with E-state index in [2.05, 4.69) is 20.9 Å². The third-order valence-corrected chi connectivity index (χ3v) is 4.27. The highest BCUT2D eigenvalue weighted by Crippen LogP contribution is 2.39. The number of aryl methyl sites for hydroxylation is 1. The van der Waals surface area contributed by atoms with Crippen molar-refractivity contribution in [3.05, 3.63) is 44.3 Å². The zero-order chi connectivity index (χ0) is 20.8. The summed E-state index contributed by atoms with van der Waals surface area (Å²) in [5.41, 5.74) is 1.25. The van der Waals surface area contributed by atoms with Crippen LogP contribution in [0.4, 0.5) is 0 Å². The normalized spacial score (nSPS) is 10.5. The smallest absolute Gasteiger partial charge is 0.344 e. The van der Waals surface area contributed by atoms with Gasteiger partial charge in [0.05, 0.1) is 12.7 Å². The van der Waals surface area contributed by atoms with E-state index in [4.69, 9.17) is 14.2 Å². The van der Waals surface area contributed by atoms with Gasteiger partial charge in [-0.3, -0.25) is 4.79 Å². The Morgan fingerprint density at radius 3 is 2.50 bits per heavy atom. The molecule has 1 heterocycles. The number of nitrogens with zero attached hydrogens (tertiary/aromatic N) is 1. The lowest BCUT2D eigenvalue weighted by Crippen LogP contribution is -2.19. The first kappa shape index (κ1) is 21.5. The summed E-state index contributed by atoms with van der Waals surface area (Å²) in [7, 11) is 0. The molecule has 0 aliphatic carbocycles. The van der Waals surface area contributed by atoms with Gasteiger partial charge in [-0.05, 0) is 45.9 Å². The van der Waals surface area contributed by atoms with Gasteiger partial charge in [0.15, 0.2) is 18.1 Å². The van der Waals surface area contributed by atoms with Gasteiger partial charge in [-0.1, -0.05) is 15.9 Å². The maximum atomic E-state index is 12.1. The summed E-state index contributed by atoms with van der Waals surface area (Å²) in [4.78, 5) is 26.5. The van der Waals surface area contributed by atoms with E-state index in [1.165, 1.54) is 0 Å². The first-order valence-electron chi connectivity index (χ1n) is 8.69. The van der Waals surface area contributed by atoms with Gasteiger partial charge in [-0.2, -0.15) is 5.26 Å². The van der Waals surface area contributed by atoms with Crippen LogP contribution >= 0.6 is 15.9 Å². The van der Waals surface area contributed by atoms with Gasteiger partial charge in [-0.25, -0.2) is 4.79 Å². The molecule has 0 saturated carbocycles. The number of H-pyrrole nitrogens is 1. The molecule has 1 N–H and O–H groups in total. The highest BCUT2D eigenvalue weighted by molar-refractivity contribution is 9.10. The van der Waals surface area contributed by atoms with E-state index in [1.54, 1.807) is 39.0 Å². The molecule has 148 valence electrons. The maximum Gasteiger partial charge on any atom is 0.344 e. The van der Waals surface area contributed by atoms with Crippen LogP contribution in [0.3, 0.4) is 0 Å². The van der Waals surface area contributed by atoms with Crippen molar-refractivity contribution in [1.82, 2.24) is 4.98 Å². The lowest BCUT2D eigenvalue weighted by molar-refractivity contribution is -0.149. The van der Waals surface area contributed by atoms with E-state index in [-0.39, 0.29) is 18.3 Å². The zero-order valence-electron chi connectivity index (χ0n) is 16.1. The highest BCUT2D eigenvalue weighted by Gasteiger charge is 2.18. The second-order valence-electron chi connectivity index (χ2n) is 6.22. The zero-order valence-corrected chi connectivity index (χ0v) is 17.7. The molecule has 0 radical (unpaired) electrons. The summed E-state index contributed by atoms with van der Waals surface area (Å²) < 4.78 is 16.8. The molecule has 1 aromatic carbocycles. The van der Waals surface area contributed by atoms with Crippen molar-refractivity contribution in [2.24, 2.45) is 0 Å². The van der Waals surface area contributed by atoms with Crippen LogP contribution in [0.15, 0.2) is 27.5 Å². The van der Waals surface area contributed by atoms with Crippen LogP contribution in [-0.4, -0.2) is 30.3 Å². The van der Waals surface area contributed by atoms with Crippen LogP contribution in [0, 0.1) is 18.3 Å². The Kier molecular flexibility index (Phi) is 7.24. The predicted molar refractivity (Wildman–Crippen MR) is 108 cm³/mol. The number of pyridine rings is 1. The molecule has 0 amide bonds. The summed E-state index contributed by atoms with van der Waals surface area (Å²) >= 11 is 3.46. The first-order chi connectivity index (χ1) is 13.3. The van der Waals surface area contributed by atoms with E-state index >= 15 is 0 Å². The molecule has 8 heteroatoms. The molecule has 7 nitrogen and oxygen atoms in total. The third-order valence-electron chi connectivity index (χ3n) is 3.62. The molecule has 1 aromatic heterocycles. The largest absolute Gasteiger partial charge is 0.490 e. The molecule has 28 heavy (non-hydrogen) atoms. The van der Waals surface area contributed by atoms with Crippen molar-refractivity contribution in [3.8, 4) is 28.7 Å². The molecule has 2 rings (SSSR count). The molecule has 0 unspecified atom stereocenters. The lowest BCUT2D eigenvalue weighted by atomic mass is 10.0. The number of carbonyl (C=O) groups excluding carboxylic acids is 1. The van der Waals surface area contributed by atoms with Crippen LogP contribution < -0.4 is 15.0 Å². The number of benzene rings is 1. The number of nitriles is 1. The number of rotatable bonds is 7. The van der Waals surface area contributed by atoms with Gasteiger partial charge < -0.3 is 19.2 Å². The molecule has 0 spiro atoms. The first-order valence-corrected chi connectivity index (χ1v) is 9.49. The van der Waals surface area contributed by atoms with Crippen molar-refractivity contribution in [2.45, 2.75) is 33.8 Å². The molecular weight excluding hydrogens is 428 g/mol. The molecule has 2 aromatic rings. The van der Waals surface area contributed by atoms with Gasteiger partial charge in [-0.15, -0.1) is 0 Å². The topological polar surface area (TPSA) is 101 Å². The second-order valence-corrected chi connectivity index (χ2v) is 7.08. The van der Waals surface area contributed by atoms with Crippen molar-refractivity contribution in [2.75, 3.05) is 13.2 Å². The highest BCUT2D eigenvalue weighted by atomic mass is 79.9. The summed E-state index contributed by atoms with van der Waals surface area (Å²) in [5, 5.41) is 9.39. The van der Waals surface area contributed by atoms with E-state index in [0.717, 1.165) is 0 Å². The standard InChI is InChI=1S/C20H21BrN2O5/c1-5-26-17-7-14(13-6-12(4)23-20(25)15(13)9-22)16(21)8-18(17)27-10-19(24)28-11(2)3/h6-8,11H,5,10H2,1-4H3,(H,23,25). The number of ether oxygens (including phenoxy) is 3. The van der Waals surface area contributed by atoms with Crippen molar-refractivity contribution >= 4 is 21.9 Å². The van der Waals surface area contributed by atoms with Crippen molar-refractivity contribution in [1.29, 1.82) is 5.26 Å². The predicted octanol–water partition coefficient (Wildman–Crippen LogP) is 3.71. The van der Waals surface area contributed by atoms with E-state index in [9.17, 15) is 14.9 Å². The Bertz CT molecular complexity index is 976. The summed E-state index contributed by atoms with van der Waals surface area (Å²) in [6.07, 6.45) is -0.236. The fourth-order valence-electron chi connectivity index (χ4n) is 2.57. The number of hydrogen-bond donors (Lipinski definition) is 1. The number of esters is 1. The molecule has 0 aliphatic heterocycles. The van der Waals surface area contributed by atoms with E-state index < -0.39 is 11.5 Å². The number of nitrogens with one attached hydrogen (secondary N) is 1. The average Bonchev–Trinajstić information content (AvgIpc) is 2.60. The van der Waals surface area contributed by atoms with Crippen molar-refractivity contribution in [3.63, 3.8) is 0 Å². The average molecular weight is 449 g/mol. The summed E-state index contributed by atoms with van der Waals surface area (Å²) in [6.45, 7) is 7.17. The number of aromatic amines is 1. The fourth-order valence-corrected chi connectivity index (χ4v) is 3.10. The monoisotopic (exact) mass is 448 g/mol. The van der Waals surface area contributed by atoms with Gasteiger partial charge in [0, 0.05) is 21.3 Å². The molecule has 0 atom stereocenters. The Morgan fingerprint density at radius 2 is 1.89 bits per heavy atom. The number of hydrogen-bond acceptors (Lipinski definition) is 6. The minimum Gasteiger partial charge on any atom is -0.490 e. The van der Waals surface area contributed by atoms with Gasteiger partial charge >= 0.3 is 5.97 Å². The van der Waals surface area contributed by atoms with Crippen molar-refractivity contribution < 1.29 is 19.0 Å². The molecule has 0 fully saturated rings. The molecule has 0 saturated heterocycles. The number of aromatic nitrogens is 1. The Balaban J connectivity index is 2.48. The lowest BCUT2D eigenvalue weighted by Gasteiger charge is -2.16. The van der Waals surface area contributed by atoms with Gasteiger partial charge in [0.25, 0.3) is 5.56 Å². The van der Waals surface area contributed by atoms with E-state index in [1.807, 2.05) is 13.0 Å². The van der Waals surface area contributed by atoms with Crippen LogP contribution in [0.2, 0.25) is 0 Å². The summed E-state index contributed by atoms with van der Waals surface area (Å²) in [6, 6.07) is 6.97. The minimum absolute atomic E-state index is 0.00271. The number of halogens is 1. The van der Waals surface area contributed by atoms with Gasteiger partial charge in [0.1, 0.15) is 11.6 Å². The molecule has 0 bridgehead atoms. The Labute approximate surface area is 171 Å². The Hall–Kier alpha value is -2.79. The van der Waals surface area contributed by atoms with Crippen LogP contribution in [0.25, 0.3) is 11.1 Å². The number of carbonyl (C=O) groups is 1. The minimum atomic E-state index is -0.491. The molecule has 0 aliphatic rings. The summed E-state index contributed by atoms with van der Waals surface area (Å²) in [5.74, 6) is 0.243. The van der Waals surface area contributed by atoms with Crippen LogP contribution in [0.1, 0.15) is 32.0 Å².